The van der Waals surface area contributed by atoms with Crippen molar-refractivity contribution in [2.75, 3.05) is 26.0 Å². The summed E-state index contributed by atoms with van der Waals surface area (Å²) in [7, 11) is 2.22. The molecule has 0 unspecified atom stereocenters. The van der Waals surface area contributed by atoms with Crippen LogP contribution in [0.4, 0.5) is 0 Å². The van der Waals surface area contributed by atoms with Gasteiger partial charge in [0.05, 0.1) is 0 Å². The van der Waals surface area contributed by atoms with Gasteiger partial charge in [-0.15, -0.1) is 11.6 Å². The maximum Gasteiger partial charge on any atom is 0.0223 e. The molecule has 0 fully saturated rings. The first-order valence-corrected chi connectivity index (χ1v) is 6.24. The van der Waals surface area contributed by atoms with E-state index in [-0.39, 0.29) is 0 Å². The Bertz CT molecular complexity index is 129. The summed E-state index contributed by atoms with van der Waals surface area (Å²) in [5.74, 6) is 0.817. The largest absolute Gasteiger partial charge is 0.306 e. The highest BCUT2D eigenvalue weighted by Crippen LogP contribution is 2.14. The van der Waals surface area contributed by atoms with Crippen LogP contribution in [0.5, 0.6) is 0 Å². The molecule has 0 aliphatic heterocycles. The van der Waals surface area contributed by atoms with Gasteiger partial charge in [-0.05, 0) is 31.8 Å². The van der Waals surface area contributed by atoms with Crippen molar-refractivity contribution in [3.05, 3.63) is 0 Å². The van der Waals surface area contributed by atoms with Crippen molar-refractivity contribution in [2.24, 2.45) is 5.41 Å². The highest BCUT2D eigenvalue weighted by atomic mass is 35.5. The summed E-state index contributed by atoms with van der Waals surface area (Å²) in [6.07, 6.45) is 5.09. The molecular weight excluding hydrogens is 194 g/mol. The van der Waals surface area contributed by atoms with Gasteiger partial charge < -0.3 is 4.90 Å². The Morgan fingerprint density at radius 3 is 2.07 bits per heavy atom. The fraction of sp³-hybridized carbons (Fsp3) is 1.00. The van der Waals surface area contributed by atoms with Gasteiger partial charge in [-0.1, -0.05) is 33.6 Å². The molecule has 0 atom stereocenters. The molecule has 0 spiro atoms. The average Bonchev–Trinajstić information content (AvgIpc) is 2.00. The number of hydrogen-bond acceptors (Lipinski definition) is 1. The van der Waals surface area contributed by atoms with Gasteiger partial charge in [-0.3, -0.25) is 0 Å². The minimum Gasteiger partial charge on any atom is -0.306 e. The first-order chi connectivity index (χ1) is 6.45. The van der Waals surface area contributed by atoms with Gasteiger partial charge >= 0.3 is 0 Å². The smallest absolute Gasteiger partial charge is 0.0223 e. The summed E-state index contributed by atoms with van der Waals surface area (Å²) in [5, 5.41) is 0. The average molecular weight is 220 g/mol. The molecule has 0 N–H and O–H groups in total. The van der Waals surface area contributed by atoms with Gasteiger partial charge in [0.1, 0.15) is 0 Å². The molecule has 1 nitrogen and oxygen atoms in total. The zero-order chi connectivity index (χ0) is 11.0. The second kappa shape index (κ2) is 7.53. The summed E-state index contributed by atoms with van der Waals surface area (Å²) in [6, 6.07) is 0. The van der Waals surface area contributed by atoms with Crippen LogP contribution in [0.25, 0.3) is 0 Å². The van der Waals surface area contributed by atoms with E-state index in [9.17, 15) is 0 Å². The molecule has 0 aromatic rings. The van der Waals surface area contributed by atoms with Gasteiger partial charge in [0.25, 0.3) is 0 Å². The molecule has 0 aliphatic carbocycles. The maximum atomic E-state index is 5.62. The molecule has 0 rings (SSSR count). The van der Waals surface area contributed by atoms with Gasteiger partial charge in [0.15, 0.2) is 0 Å². The first-order valence-electron chi connectivity index (χ1n) is 5.70. The maximum absolute atomic E-state index is 5.62. The summed E-state index contributed by atoms with van der Waals surface area (Å²) < 4.78 is 0. The summed E-state index contributed by atoms with van der Waals surface area (Å²) >= 11 is 5.62. The van der Waals surface area contributed by atoms with Crippen LogP contribution < -0.4 is 0 Å². The van der Waals surface area contributed by atoms with E-state index in [1.165, 1.54) is 38.8 Å². The number of hydrogen-bond donors (Lipinski definition) is 0. The van der Waals surface area contributed by atoms with E-state index in [2.05, 4.69) is 32.7 Å². The van der Waals surface area contributed by atoms with Crippen LogP contribution >= 0.6 is 11.6 Å². The van der Waals surface area contributed by atoms with E-state index < -0.39 is 0 Å². The van der Waals surface area contributed by atoms with E-state index >= 15 is 0 Å². The van der Waals surface area contributed by atoms with Crippen molar-refractivity contribution in [2.45, 2.75) is 46.5 Å². The lowest BCUT2D eigenvalue weighted by Gasteiger charge is -2.26. The minimum absolute atomic E-state index is 0.422. The molecule has 0 bridgehead atoms. The van der Waals surface area contributed by atoms with Crippen molar-refractivity contribution >= 4 is 11.6 Å². The van der Waals surface area contributed by atoms with Crippen LogP contribution in [0.2, 0.25) is 0 Å². The van der Waals surface area contributed by atoms with Gasteiger partial charge in [0, 0.05) is 12.4 Å². The molecule has 0 amide bonds. The van der Waals surface area contributed by atoms with Crippen molar-refractivity contribution in [3.8, 4) is 0 Å². The Kier molecular flexibility index (Phi) is 7.66. The molecule has 0 saturated carbocycles. The van der Waals surface area contributed by atoms with E-state index in [4.69, 9.17) is 11.6 Å². The molecular formula is C12H26ClN. The zero-order valence-electron chi connectivity index (χ0n) is 10.3. The molecule has 0 heterocycles. The third-order valence-electron chi connectivity index (χ3n) is 2.17. The number of rotatable bonds is 7. The lowest BCUT2D eigenvalue weighted by Crippen LogP contribution is -2.30. The van der Waals surface area contributed by atoms with Gasteiger partial charge in [0.2, 0.25) is 0 Å². The first kappa shape index (κ1) is 14.2. The zero-order valence-corrected chi connectivity index (χ0v) is 11.0. The summed E-state index contributed by atoms with van der Waals surface area (Å²) in [4.78, 5) is 2.43. The Balaban J connectivity index is 3.31. The van der Waals surface area contributed by atoms with E-state index in [0.29, 0.717) is 5.41 Å². The molecule has 0 saturated heterocycles. The second-order valence-electron chi connectivity index (χ2n) is 5.40. The van der Waals surface area contributed by atoms with Crippen LogP contribution in [-0.2, 0) is 0 Å². The third kappa shape index (κ3) is 10.3. The highest BCUT2D eigenvalue weighted by Gasteiger charge is 2.12. The molecule has 0 aromatic heterocycles. The molecule has 0 radical (unpaired) electrons. The number of unbranched alkanes of at least 4 members (excludes halogenated alkanes) is 3. The molecule has 0 aromatic carbocycles. The highest BCUT2D eigenvalue weighted by molar-refractivity contribution is 6.17. The van der Waals surface area contributed by atoms with Crippen LogP contribution in [0.1, 0.15) is 46.5 Å². The number of alkyl halides is 1. The Morgan fingerprint density at radius 2 is 1.57 bits per heavy atom. The van der Waals surface area contributed by atoms with E-state index in [1.807, 2.05) is 0 Å². The van der Waals surface area contributed by atoms with Crippen LogP contribution in [0, 0.1) is 5.41 Å². The predicted molar refractivity (Wildman–Crippen MR) is 66.1 cm³/mol. The minimum atomic E-state index is 0.422. The van der Waals surface area contributed by atoms with Crippen molar-refractivity contribution in [1.29, 1.82) is 0 Å². The SMILES string of the molecule is CN(CCCCCCCl)CC(C)(C)C. The van der Waals surface area contributed by atoms with E-state index in [1.54, 1.807) is 0 Å². The molecule has 14 heavy (non-hydrogen) atoms. The quantitative estimate of drug-likeness (QED) is 0.466. The van der Waals surface area contributed by atoms with Gasteiger partial charge in [-0.25, -0.2) is 0 Å². The molecule has 2 heteroatoms. The number of nitrogens with zero attached hydrogens (tertiary/aromatic N) is 1. The second-order valence-corrected chi connectivity index (χ2v) is 5.78. The molecule has 86 valence electrons. The summed E-state index contributed by atoms with van der Waals surface area (Å²) in [6.45, 7) is 9.27. The Morgan fingerprint density at radius 1 is 1.00 bits per heavy atom. The lowest BCUT2D eigenvalue weighted by molar-refractivity contribution is 0.223. The normalized spacial score (nSPS) is 12.4. The standard InChI is InChI=1S/C12H26ClN/c1-12(2,3)11-14(4)10-8-6-5-7-9-13/h5-11H2,1-4H3. The topological polar surface area (TPSA) is 3.24 Å². The van der Waals surface area contributed by atoms with Crippen molar-refractivity contribution in [1.82, 2.24) is 4.90 Å². The summed E-state index contributed by atoms with van der Waals surface area (Å²) in [5.41, 5.74) is 0.422. The Labute approximate surface area is 94.8 Å². The van der Waals surface area contributed by atoms with Crippen molar-refractivity contribution in [3.63, 3.8) is 0 Å². The monoisotopic (exact) mass is 219 g/mol. The molecule has 0 aliphatic rings. The third-order valence-corrected chi connectivity index (χ3v) is 2.43. The number of halogens is 1. The van der Waals surface area contributed by atoms with Gasteiger partial charge in [-0.2, -0.15) is 0 Å². The predicted octanol–water partition coefficient (Wildman–Crippen LogP) is 3.76. The van der Waals surface area contributed by atoms with Crippen LogP contribution in [0.15, 0.2) is 0 Å². The fourth-order valence-corrected chi connectivity index (χ4v) is 1.91. The fourth-order valence-electron chi connectivity index (χ4n) is 1.72. The van der Waals surface area contributed by atoms with E-state index in [0.717, 1.165) is 5.88 Å². The van der Waals surface area contributed by atoms with Crippen molar-refractivity contribution < 1.29 is 0 Å². The lowest BCUT2D eigenvalue weighted by atomic mass is 9.96. The van der Waals surface area contributed by atoms with Crippen LogP contribution in [-0.4, -0.2) is 30.9 Å². The van der Waals surface area contributed by atoms with Crippen LogP contribution in [0.3, 0.4) is 0 Å². The Hall–Kier alpha value is 0.250.